The SMILES string of the molecule is Cn1nccc1[C@@H]1OCC[C@H]1C(=O)NCc1nc(C(C)(C)C)co1. The Kier molecular flexibility index (Phi) is 4.45. The molecule has 1 aliphatic rings. The molecule has 0 spiro atoms. The van der Waals surface area contributed by atoms with Crippen molar-refractivity contribution in [2.75, 3.05) is 6.61 Å². The molecule has 7 heteroatoms. The van der Waals surface area contributed by atoms with Gasteiger partial charge in [0.15, 0.2) is 0 Å². The van der Waals surface area contributed by atoms with E-state index in [1.165, 1.54) is 0 Å². The minimum atomic E-state index is -0.257. The fourth-order valence-electron chi connectivity index (χ4n) is 2.84. The lowest BCUT2D eigenvalue weighted by molar-refractivity contribution is -0.127. The highest BCUT2D eigenvalue weighted by Gasteiger charge is 2.36. The van der Waals surface area contributed by atoms with Crippen molar-refractivity contribution in [3.63, 3.8) is 0 Å². The number of oxazole rings is 1. The second-order valence-corrected chi connectivity index (χ2v) is 7.16. The highest BCUT2D eigenvalue weighted by molar-refractivity contribution is 5.79. The van der Waals surface area contributed by atoms with Crippen molar-refractivity contribution in [3.05, 3.63) is 35.8 Å². The van der Waals surface area contributed by atoms with Crippen molar-refractivity contribution in [3.8, 4) is 0 Å². The summed E-state index contributed by atoms with van der Waals surface area (Å²) < 4.78 is 13.0. The summed E-state index contributed by atoms with van der Waals surface area (Å²) in [5.74, 6) is 0.246. The minimum absolute atomic E-state index is 0.0470. The molecule has 1 amide bonds. The van der Waals surface area contributed by atoms with Gasteiger partial charge < -0.3 is 14.5 Å². The fraction of sp³-hybridized carbons (Fsp3) is 0.588. The molecule has 0 aromatic carbocycles. The van der Waals surface area contributed by atoms with Crippen molar-refractivity contribution < 1.29 is 13.9 Å². The second kappa shape index (κ2) is 6.39. The highest BCUT2D eigenvalue weighted by atomic mass is 16.5. The molecule has 0 saturated carbocycles. The number of carbonyl (C=O) groups excluding carboxylic acids is 1. The van der Waals surface area contributed by atoms with Gasteiger partial charge in [0.2, 0.25) is 11.8 Å². The number of aromatic nitrogens is 3. The zero-order valence-corrected chi connectivity index (χ0v) is 14.6. The lowest BCUT2D eigenvalue weighted by Crippen LogP contribution is -2.32. The molecule has 1 saturated heterocycles. The first-order chi connectivity index (χ1) is 11.4. The smallest absolute Gasteiger partial charge is 0.226 e. The van der Waals surface area contributed by atoms with E-state index in [2.05, 4.69) is 36.2 Å². The molecule has 7 nitrogen and oxygen atoms in total. The molecule has 24 heavy (non-hydrogen) atoms. The molecule has 130 valence electrons. The largest absolute Gasteiger partial charge is 0.447 e. The third-order valence-electron chi connectivity index (χ3n) is 4.31. The molecule has 0 radical (unpaired) electrons. The normalized spacial score (nSPS) is 21.2. The maximum absolute atomic E-state index is 12.5. The Bertz CT molecular complexity index is 713. The van der Waals surface area contributed by atoms with Gasteiger partial charge >= 0.3 is 0 Å². The third-order valence-corrected chi connectivity index (χ3v) is 4.31. The molecular formula is C17H24N4O3. The first-order valence-electron chi connectivity index (χ1n) is 8.18. The molecule has 1 N–H and O–H groups in total. The van der Waals surface area contributed by atoms with Crippen molar-refractivity contribution in [2.45, 2.75) is 45.3 Å². The Morgan fingerprint density at radius 1 is 1.46 bits per heavy atom. The quantitative estimate of drug-likeness (QED) is 0.927. The van der Waals surface area contributed by atoms with E-state index in [-0.39, 0.29) is 29.9 Å². The third kappa shape index (κ3) is 3.36. The first kappa shape index (κ1) is 16.7. The summed E-state index contributed by atoms with van der Waals surface area (Å²) in [5, 5.41) is 7.07. The van der Waals surface area contributed by atoms with Gasteiger partial charge in [0.1, 0.15) is 12.4 Å². The van der Waals surface area contributed by atoms with Crippen molar-refractivity contribution in [1.82, 2.24) is 20.1 Å². The van der Waals surface area contributed by atoms with Crippen LogP contribution in [0.15, 0.2) is 22.9 Å². The van der Waals surface area contributed by atoms with Crippen LogP contribution in [0.2, 0.25) is 0 Å². The molecule has 0 aliphatic carbocycles. The van der Waals surface area contributed by atoms with Crippen LogP contribution >= 0.6 is 0 Å². The van der Waals surface area contributed by atoms with Crippen LogP contribution in [0.4, 0.5) is 0 Å². The number of hydrogen-bond acceptors (Lipinski definition) is 5. The molecule has 0 bridgehead atoms. The average molecular weight is 332 g/mol. The van der Waals surface area contributed by atoms with Crippen LogP contribution in [-0.2, 0) is 28.5 Å². The van der Waals surface area contributed by atoms with Crippen LogP contribution in [0.5, 0.6) is 0 Å². The van der Waals surface area contributed by atoms with Crippen LogP contribution in [0, 0.1) is 5.92 Å². The average Bonchev–Trinajstić information content (AvgIpc) is 3.23. The fourth-order valence-corrected chi connectivity index (χ4v) is 2.84. The van der Waals surface area contributed by atoms with Crippen molar-refractivity contribution in [1.29, 1.82) is 0 Å². The van der Waals surface area contributed by atoms with Gasteiger partial charge in [-0.05, 0) is 12.5 Å². The van der Waals surface area contributed by atoms with Crippen LogP contribution in [0.25, 0.3) is 0 Å². The number of aryl methyl sites for hydroxylation is 1. The molecule has 3 rings (SSSR count). The molecule has 1 aliphatic heterocycles. The van der Waals surface area contributed by atoms with E-state index in [1.54, 1.807) is 17.1 Å². The van der Waals surface area contributed by atoms with Gasteiger partial charge in [-0.1, -0.05) is 20.8 Å². The Balaban J connectivity index is 1.62. The summed E-state index contributed by atoms with van der Waals surface area (Å²) in [7, 11) is 1.85. The Labute approximate surface area is 141 Å². The van der Waals surface area contributed by atoms with Gasteiger partial charge in [0.25, 0.3) is 0 Å². The summed E-state index contributed by atoms with van der Waals surface area (Å²) in [6.45, 7) is 7.06. The Morgan fingerprint density at radius 2 is 2.25 bits per heavy atom. The molecule has 2 aromatic heterocycles. The predicted molar refractivity (Wildman–Crippen MR) is 87.1 cm³/mol. The molecular weight excluding hydrogens is 308 g/mol. The van der Waals surface area contributed by atoms with E-state index in [4.69, 9.17) is 9.15 Å². The molecule has 2 atom stereocenters. The Morgan fingerprint density at radius 3 is 2.88 bits per heavy atom. The van der Waals surface area contributed by atoms with Crippen LogP contribution in [-0.4, -0.2) is 27.3 Å². The van der Waals surface area contributed by atoms with Crippen molar-refractivity contribution >= 4 is 5.91 Å². The van der Waals surface area contributed by atoms with Crippen LogP contribution < -0.4 is 5.32 Å². The van der Waals surface area contributed by atoms with Crippen LogP contribution in [0.1, 0.15) is 50.6 Å². The highest BCUT2D eigenvalue weighted by Crippen LogP contribution is 2.34. The van der Waals surface area contributed by atoms with E-state index in [0.29, 0.717) is 18.9 Å². The molecule has 3 heterocycles. The lowest BCUT2D eigenvalue weighted by atomic mass is 9.93. The number of amides is 1. The molecule has 1 fully saturated rings. The maximum Gasteiger partial charge on any atom is 0.226 e. The van der Waals surface area contributed by atoms with E-state index in [1.807, 2.05) is 13.1 Å². The van der Waals surface area contributed by atoms with Gasteiger partial charge in [0.05, 0.1) is 23.9 Å². The summed E-state index contributed by atoms with van der Waals surface area (Å²) in [4.78, 5) is 17.0. The number of nitrogens with one attached hydrogen (secondary N) is 1. The van der Waals surface area contributed by atoms with Crippen molar-refractivity contribution in [2.24, 2.45) is 13.0 Å². The van der Waals surface area contributed by atoms with E-state index in [9.17, 15) is 4.79 Å². The van der Waals surface area contributed by atoms with Gasteiger partial charge in [-0.25, -0.2) is 4.98 Å². The first-order valence-corrected chi connectivity index (χ1v) is 8.18. The summed E-state index contributed by atoms with van der Waals surface area (Å²) in [5.41, 5.74) is 1.72. The van der Waals surface area contributed by atoms with E-state index in [0.717, 1.165) is 11.4 Å². The van der Waals surface area contributed by atoms with E-state index >= 15 is 0 Å². The topological polar surface area (TPSA) is 82.2 Å². The standard InChI is InChI=1S/C17H24N4O3/c1-17(2,3)13-10-24-14(20-13)9-18-16(22)11-6-8-23-15(11)12-5-7-19-21(12)4/h5,7,10-11,15H,6,8-9H2,1-4H3,(H,18,22)/t11-,15-/m1/s1. The number of hydrogen-bond donors (Lipinski definition) is 1. The summed E-state index contributed by atoms with van der Waals surface area (Å²) in [6, 6.07) is 1.89. The second-order valence-electron chi connectivity index (χ2n) is 7.16. The minimum Gasteiger partial charge on any atom is -0.447 e. The summed E-state index contributed by atoms with van der Waals surface area (Å²) in [6.07, 6.45) is 3.80. The summed E-state index contributed by atoms with van der Waals surface area (Å²) >= 11 is 0. The van der Waals surface area contributed by atoms with Gasteiger partial charge in [-0.2, -0.15) is 5.10 Å². The van der Waals surface area contributed by atoms with Gasteiger partial charge in [-0.15, -0.1) is 0 Å². The number of nitrogens with zero attached hydrogens (tertiary/aromatic N) is 3. The number of carbonyl (C=O) groups is 1. The predicted octanol–water partition coefficient (Wildman–Crippen LogP) is 2.10. The maximum atomic E-state index is 12.5. The van der Waals surface area contributed by atoms with Crippen LogP contribution in [0.3, 0.4) is 0 Å². The lowest BCUT2D eigenvalue weighted by Gasteiger charge is -2.18. The van der Waals surface area contributed by atoms with Gasteiger partial charge in [-0.3, -0.25) is 9.48 Å². The monoisotopic (exact) mass is 332 g/mol. The molecule has 0 unspecified atom stereocenters. The molecule has 2 aromatic rings. The van der Waals surface area contributed by atoms with Gasteiger partial charge in [0, 0.05) is 25.3 Å². The Hall–Kier alpha value is -2.15. The number of ether oxygens (including phenoxy) is 1. The van der Waals surface area contributed by atoms with E-state index < -0.39 is 0 Å². The zero-order valence-electron chi connectivity index (χ0n) is 14.6. The number of rotatable bonds is 4. The zero-order chi connectivity index (χ0) is 17.3.